The first-order valence-corrected chi connectivity index (χ1v) is 10.5. The third kappa shape index (κ3) is 4.48. The molecule has 6 heteroatoms. The standard InChI is InChI=1S/C23H21F2NO2S/c24-18-9-10-21(19(25)13-18)28-14-16-12-22(29-15-16)23(27)26-11-5-4-8-20(26)17-6-2-1-3-7-17/h1-3,6-7,9-10,12-13,15,20H,4-5,8,11,14H2. The Labute approximate surface area is 172 Å². The van der Waals surface area contributed by atoms with Crippen LogP contribution < -0.4 is 4.74 Å². The van der Waals surface area contributed by atoms with Gasteiger partial charge >= 0.3 is 0 Å². The van der Waals surface area contributed by atoms with Crippen LogP contribution >= 0.6 is 11.3 Å². The van der Waals surface area contributed by atoms with Crippen molar-refractivity contribution in [2.45, 2.75) is 31.9 Å². The highest BCUT2D eigenvalue weighted by Gasteiger charge is 2.29. The van der Waals surface area contributed by atoms with E-state index in [2.05, 4.69) is 12.1 Å². The lowest BCUT2D eigenvalue weighted by atomic mass is 9.95. The molecule has 1 aromatic heterocycles. The third-order valence-corrected chi connectivity index (χ3v) is 6.07. The number of carbonyl (C=O) groups is 1. The first-order valence-electron chi connectivity index (χ1n) is 9.63. The third-order valence-electron chi connectivity index (χ3n) is 5.10. The highest BCUT2D eigenvalue weighted by atomic mass is 32.1. The summed E-state index contributed by atoms with van der Waals surface area (Å²) in [4.78, 5) is 15.8. The molecular formula is C23H21F2NO2S. The molecule has 4 rings (SSSR count). The predicted molar refractivity (Wildman–Crippen MR) is 109 cm³/mol. The van der Waals surface area contributed by atoms with Crippen molar-refractivity contribution in [1.82, 2.24) is 4.90 Å². The van der Waals surface area contributed by atoms with E-state index in [0.717, 1.165) is 49.1 Å². The molecule has 2 aromatic carbocycles. The van der Waals surface area contributed by atoms with Crippen molar-refractivity contribution in [2.24, 2.45) is 0 Å². The second-order valence-electron chi connectivity index (χ2n) is 7.10. The molecule has 3 aromatic rings. The number of hydrogen-bond donors (Lipinski definition) is 0. The molecule has 3 nitrogen and oxygen atoms in total. The van der Waals surface area contributed by atoms with Crippen LogP contribution in [0.2, 0.25) is 0 Å². The molecule has 0 spiro atoms. The summed E-state index contributed by atoms with van der Waals surface area (Å²) in [6.45, 7) is 0.858. The summed E-state index contributed by atoms with van der Waals surface area (Å²) < 4.78 is 32.2. The number of amides is 1. The fourth-order valence-corrected chi connectivity index (χ4v) is 4.51. The van der Waals surface area contributed by atoms with Gasteiger partial charge in [0.2, 0.25) is 0 Å². The molecule has 1 amide bonds. The first-order chi connectivity index (χ1) is 14.1. The summed E-state index contributed by atoms with van der Waals surface area (Å²) >= 11 is 1.37. The van der Waals surface area contributed by atoms with Crippen LogP contribution in [0.3, 0.4) is 0 Å². The van der Waals surface area contributed by atoms with E-state index in [9.17, 15) is 13.6 Å². The molecule has 1 fully saturated rings. The Morgan fingerprint density at radius 2 is 1.93 bits per heavy atom. The lowest BCUT2D eigenvalue weighted by molar-refractivity contribution is 0.0616. The molecule has 150 valence electrons. The zero-order valence-electron chi connectivity index (χ0n) is 15.8. The van der Waals surface area contributed by atoms with E-state index in [1.807, 2.05) is 28.5 Å². The minimum atomic E-state index is -0.740. The monoisotopic (exact) mass is 413 g/mol. The molecule has 2 heterocycles. The molecule has 0 aliphatic carbocycles. The van der Waals surface area contributed by atoms with E-state index in [-0.39, 0.29) is 24.3 Å². The topological polar surface area (TPSA) is 29.5 Å². The van der Waals surface area contributed by atoms with E-state index >= 15 is 0 Å². The number of ether oxygens (including phenoxy) is 1. The van der Waals surface area contributed by atoms with Gasteiger partial charge in [0.05, 0.1) is 10.9 Å². The van der Waals surface area contributed by atoms with Crippen LogP contribution in [-0.2, 0) is 6.61 Å². The number of halogens is 2. The maximum Gasteiger partial charge on any atom is 0.264 e. The number of piperidine rings is 1. The van der Waals surface area contributed by atoms with Crippen molar-refractivity contribution in [3.63, 3.8) is 0 Å². The van der Waals surface area contributed by atoms with Gasteiger partial charge in [-0.1, -0.05) is 30.3 Å². The minimum Gasteiger partial charge on any atom is -0.486 e. The normalized spacial score (nSPS) is 16.6. The second kappa shape index (κ2) is 8.74. The summed E-state index contributed by atoms with van der Waals surface area (Å²) in [6.07, 6.45) is 3.07. The molecule has 0 saturated carbocycles. The Bertz CT molecular complexity index is 990. The maximum absolute atomic E-state index is 13.7. The second-order valence-corrected chi connectivity index (χ2v) is 8.01. The van der Waals surface area contributed by atoms with Crippen LogP contribution in [0.15, 0.2) is 60.0 Å². The maximum atomic E-state index is 13.7. The van der Waals surface area contributed by atoms with Crippen molar-refractivity contribution in [3.8, 4) is 5.75 Å². The average molecular weight is 413 g/mol. The molecule has 1 unspecified atom stereocenters. The number of carbonyl (C=O) groups excluding carboxylic acids is 1. The summed E-state index contributed by atoms with van der Waals surface area (Å²) in [5.74, 6) is -1.38. The Hall–Kier alpha value is -2.73. The summed E-state index contributed by atoms with van der Waals surface area (Å²) in [5, 5.41) is 1.84. The zero-order chi connectivity index (χ0) is 20.2. The number of thiophene rings is 1. The summed E-state index contributed by atoms with van der Waals surface area (Å²) in [7, 11) is 0. The fraction of sp³-hybridized carbons (Fsp3) is 0.261. The van der Waals surface area contributed by atoms with Crippen molar-refractivity contribution in [2.75, 3.05) is 6.54 Å². The van der Waals surface area contributed by atoms with E-state index < -0.39 is 11.6 Å². The van der Waals surface area contributed by atoms with E-state index in [1.165, 1.54) is 17.4 Å². The fourth-order valence-electron chi connectivity index (χ4n) is 3.65. The summed E-state index contributed by atoms with van der Waals surface area (Å²) in [6, 6.07) is 15.2. The van der Waals surface area contributed by atoms with E-state index in [4.69, 9.17) is 4.74 Å². The predicted octanol–water partition coefficient (Wildman–Crippen LogP) is 5.97. The van der Waals surface area contributed by atoms with Gasteiger partial charge in [-0.25, -0.2) is 8.78 Å². The highest BCUT2D eigenvalue weighted by Crippen LogP contribution is 2.33. The Balaban J connectivity index is 1.46. The molecule has 1 saturated heterocycles. The average Bonchev–Trinajstić information content (AvgIpc) is 3.22. The van der Waals surface area contributed by atoms with Gasteiger partial charge < -0.3 is 9.64 Å². The van der Waals surface area contributed by atoms with Crippen molar-refractivity contribution < 1.29 is 18.3 Å². The molecule has 1 aliphatic heterocycles. The lowest BCUT2D eigenvalue weighted by Crippen LogP contribution is -2.38. The SMILES string of the molecule is O=C(c1cc(COc2ccc(F)cc2F)cs1)N1CCCCC1c1ccccc1. The van der Waals surface area contributed by atoms with Gasteiger partial charge in [0.1, 0.15) is 12.4 Å². The van der Waals surface area contributed by atoms with Crippen LogP contribution in [0.5, 0.6) is 5.75 Å². The van der Waals surface area contributed by atoms with Gasteiger partial charge in [-0.15, -0.1) is 11.3 Å². The molecule has 0 N–H and O–H groups in total. The van der Waals surface area contributed by atoms with Crippen LogP contribution in [0, 0.1) is 11.6 Å². The van der Waals surface area contributed by atoms with Crippen molar-refractivity contribution in [1.29, 1.82) is 0 Å². The highest BCUT2D eigenvalue weighted by molar-refractivity contribution is 7.12. The van der Waals surface area contributed by atoms with Crippen molar-refractivity contribution >= 4 is 17.2 Å². The van der Waals surface area contributed by atoms with E-state index in [1.54, 1.807) is 6.07 Å². The molecule has 29 heavy (non-hydrogen) atoms. The largest absolute Gasteiger partial charge is 0.486 e. The van der Waals surface area contributed by atoms with Gasteiger partial charge in [0.15, 0.2) is 11.6 Å². The van der Waals surface area contributed by atoms with Gasteiger partial charge in [0.25, 0.3) is 5.91 Å². The number of rotatable bonds is 5. The smallest absolute Gasteiger partial charge is 0.264 e. The van der Waals surface area contributed by atoms with Gasteiger partial charge in [-0.3, -0.25) is 4.79 Å². The molecule has 0 bridgehead atoms. The van der Waals surface area contributed by atoms with Gasteiger partial charge in [0, 0.05) is 18.2 Å². The minimum absolute atomic E-state index is 0.00866. The molecule has 0 radical (unpaired) electrons. The Kier molecular flexibility index (Phi) is 5.90. The molecular weight excluding hydrogens is 392 g/mol. The van der Waals surface area contributed by atoms with Gasteiger partial charge in [-0.2, -0.15) is 0 Å². The number of likely N-dealkylation sites (tertiary alicyclic amines) is 1. The van der Waals surface area contributed by atoms with E-state index in [0.29, 0.717) is 4.88 Å². The molecule has 1 aliphatic rings. The van der Waals surface area contributed by atoms with Crippen LogP contribution in [0.1, 0.15) is 46.1 Å². The Morgan fingerprint density at radius 3 is 2.72 bits per heavy atom. The number of hydrogen-bond acceptors (Lipinski definition) is 3. The number of benzene rings is 2. The first kappa shape index (κ1) is 19.6. The van der Waals surface area contributed by atoms with Crippen molar-refractivity contribution in [3.05, 3.63) is 87.6 Å². The lowest BCUT2D eigenvalue weighted by Gasteiger charge is -2.36. The number of nitrogens with zero attached hydrogens (tertiary/aromatic N) is 1. The zero-order valence-corrected chi connectivity index (χ0v) is 16.6. The van der Waals surface area contributed by atoms with Gasteiger partial charge in [-0.05, 0) is 48.4 Å². The molecule has 1 atom stereocenters. The van der Waals surface area contributed by atoms with Crippen LogP contribution in [-0.4, -0.2) is 17.4 Å². The Morgan fingerprint density at radius 1 is 1.10 bits per heavy atom. The summed E-state index contributed by atoms with van der Waals surface area (Å²) in [5.41, 5.74) is 1.95. The quantitative estimate of drug-likeness (QED) is 0.516. The van der Waals surface area contributed by atoms with Crippen LogP contribution in [0.25, 0.3) is 0 Å². The van der Waals surface area contributed by atoms with Crippen LogP contribution in [0.4, 0.5) is 8.78 Å².